The molecular weight excluding hydrogens is 431 g/mol. The number of nitrogens with zero attached hydrogens (tertiary/aromatic N) is 4. The fourth-order valence-corrected chi connectivity index (χ4v) is 5.33. The Kier molecular flexibility index (Phi) is 5.93. The summed E-state index contributed by atoms with van der Waals surface area (Å²) in [5.41, 5.74) is 0.540. The molecule has 5 rings (SSSR count). The van der Waals surface area contributed by atoms with Gasteiger partial charge in [0.05, 0.1) is 16.1 Å². The third-order valence-electron chi connectivity index (χ3n) is 6.10. The predicted octanol–water partition coefficient (Wildman–Crippen LogP) is 3.30. The molecule has 2 fully saturated rings. The Morgan fingerprint density at radius 1 is 1.09 bits per heavy atom. The summed E-state index contributed by atoms with van der Waals surface area (Å²) in [6, 6.07) is 6.14. The van der Waals surface area contributed by atoms with Crippen LogP contribution in [0.4, 0.5) is 4.39 Å². The van der Waals surface area contributed by atoms with Gasteiger partial charge in [-0.15, -0.1) is 11.3 Å². The van der Waals surface area contributed by atoms with E-state index in [4.69, 9.17) is 4.74 Å². The van der Waals surface area contributed by atoms with Crippen LogP contribution in [0.15, 0.2) is 35.4 Å². The minimum absolute atomic E-state index is 0.0575. The van der Waals surface area contributed by atoms with Crippen molar-refractivity contribution in [2.24, 2.45) is 0 Å². The van der Waals surface area contributed by atoms with E-state index in [0.717, 1.165) is 56.9 Å². The summed E-state index contributed by atoms with van der Waals surface area (Å²) >= 11 is 1.15. The zero-order valence-corrected chi connectivity index (χ0v) is 18.6. The Bertz CT molecular complexity index is 1200. The van der Waals surface area contributed by atoms with Crippen LogP contribution in [0.3, 0.4) is 0 Å². The van der Waals surface area contributed by atoms with Crippen molar-refractivity contribution in [3.63, 3.8) is 0 Å². The molecule has 0 saturated carbocycles. The van der Waals surface area contributed by atoms with E-state index in [1.165, 1.54) is 29.8 Å². The van der Waals surface area contributed by atoms with Crippen LogP contribution in [0.1, 0.15) is 35.4 Å². The number of fused-ring (bicyclic) bond motifs is 1. The Morgan fingerprint density at radius 3 is 2.59 bits per heavy atom. The molecule has 0 aliphatic carbocycles. The number of carbonyl (C=O) groups is 1. The van der Waals surface area contributed by atoms with Crippen LogP contribution in [0.5, 0.6) is 5.75 Å². The lowest BCUT2D eigenvalue weighted by atomic mass is 10.3. The van der Waals surface area contributed by atoms with Crippen LogP contribution in [0.25, 0.3) is 15.9 Å². The number of carbonyl (C=O) groups excluding carboxylic acids is 1. The Hall–Kier alpha value is -2.78. The van der Waals surface area contributed by atoms with E-state index in [-0.39, 0.29) is 17.2 Å². The van der Waals surface area contributed by atoms with Crippen LogP contribution in [0.2, 0.25) is 0 Å². The van der Waals surface area contributed by atoms with Crippen LogP contribution in [-0.4, -0.2) is 64.6 Å². The third-order valence-corrected chi connectivity index (χ3v) is 7.20. The monoisotopic (exact) mass is 456 g/mol. The number of hydrogen-bond acceptors (Lipinski definition) is 6. The highest BCUT2D eigenvalue weighted by atomic mass is 32.1. The van der Waals surface area contributed by atoms with Crippen molar-refractivity contribution in [2.75, 3.05) is 39.3 Å². The number of amides is 1. The molecule has 1 aromatic carbocycles. The predicted molar refractivity (Wildman–Crippen MR) is 121 cm³/mol. The van der Waals surface area contributed by atoms with Crippen molar-refractivity contribution in [3.8, 4) is 11.4 Å². The van der Waals surface area contributed by atoms with Crippen molar-refractivity contribution in [3.05, 3.63) is 51.6 Å². The second kappa shape index (κ2) is 8.99. The quantitative estimate of drug-likeness (QED) is 0.569. The summed E-state index contributed by atoms with van der Waals surface area (Å²) in [6.07, 6.45) is 5.79. The van der Waals surface area contributed by atoms with Crippen molar-refractivity contribution in [1.29, 1.82) is 0 Å². The first-order chi connectivity index (χ1) is 15.6. The molecule has 0 unspecified atom stereocenters. The van der Waals surface area contributed by atoms with E-state index in [0.29, 0.717) is 27.4 Å². The largest absolute Gasteiger partial charge is 0.489 e. The summed E-state index contributed by atoms with van der Waals surface area (Å²) in [7, 11) is 0. The summed E-state index contributed by atoms with van der Waals surface area (Å²) in [4.78, 5) is 34.7. The van der Waals surface area contributed by atoms with E-state index < -0.39 is 5.82 Å². The number of halogens is 1. The van der Waals surface area contributed by atoms with Gasteiger partial charge in [-0.05, 0) is 57.0 Å². The highest BCUT2D eigenvalue weighted by molar-refractivity contribution is 7.20. The zero-order valence-electron chi connectivity index (χ0n) is 17.8. The summed E-state index contributed by atoms with van der Waals surface area (Å²) < 4.78 is 21.9. The molecule has 2 saturated heterocycles. The average Bonchev–Trinajstić information content (AvgIpc) is 3.56. The van der Waals surface area contributed by atoms with Crippen molar-refractivity contribution < 1.29 is 13.9 Å². The molecule has 2 aromatic heterocycles. The number of ether oxygens (including phenoxy) is 1. The van der Waals surface area contributed by atoms with Gasteiger partial charge in [0, 0.05) is 25.7 Å². The molecule has 9 heteroatoms. The smallest absolute Gasteiger partial charge is 0.275 e. The number of likely N-dealkylation sites (tertiary alicyclic amines) is 2. The third kappa shape index (κ3) is 4.14. The van der Waals surface area contributed by atoms with Gasteiger partial charge in [0.2, 0.25) is 0 Å². The number of rotatable bonds is 6. The Balaban J connectivity index is 1.35. The van der Waals surface area contributed by atoms with Crippen LogP contribution in [-0.2, 0) is 0 Å². The van der Waals surface area contributed by atoms with Gasteiger partial charge >= 0.3 is 0 Å². The Morgan fingerprint density at radius 2 is 1.84 bits per heavy atom. The molecule has 168 valence electrons. The number of benzene rings is 1. The van der Waals surface area contributed by atoms with E-state index in [1.807, 2.05) is 0 Å². The van der Waals surface area contributed by atoms with Crippen molar-refractivity contribution >= 4 is 27.5 Å². The molecule has 2 aliphatic heterocycles. The van der Waals surface area contributed by atoms with E-state index in [2.05, 4.69) is 9.88 Å². The molecule has 1 amide bonds. The topological polar surface area (TPSA) is 67.7 Å². The molecular formula is C23H25FN4O3S. The molecule has 0 atom stereocenters. The zero-order chi connectivity index (χ0) is 22.1. The summed E-state index contributed by atoms with van der Waals surface area (Å²) in [6.45, 7) is 4.83. The van der Waals surface area contributed by atoms with Crippen molar-refractivity contribution in [2.45, 2.75) is 25.7 Å². The molecule has 0 radical (unpaired) electrons. The second-order valence-electron chi connectivity index (χ2n) is 8.26. The maximum atomic E-state index is 14.6. The lowest BCUT2D eigenvalue weighted by Crippen LogP contribution is -2.26. The lowest BCUT2D eigenvalue weighted by molar-refractivity contribution is 0.0797. The average molecular weight is 457 g/mol. The molecule has 2 aliphatic rings. The maximum Gasteiger partial charge on any atom is 0.275 e. The van der Waals surface area contributed by atoms with Crippen LogP contribution < -0.4 is 10.3 Å². The van der Waals surface area contributed by atoms with Crippen LogP contribution in [0, 0.1) is 5.82 Å². The van der Waals surface area contributed by atoms with Crippen LogP contribution >= 0.6 is 11.3 Å². The first-order valence-electron chi connectivity index (χ1n) is 11.1. The molecule has 0 N–H and O–H groups in total. The van der Waals surface area contributed by atoms with Crippen molar-refractivity contribution in [1.82, 2.24) is 19.4 Å². The van der Waals surface area contributed by atoms with Gasteiger partial charge in [-0.25, -0.2) is 9.37 Å². The van der Waals surface area contributed by atoms with Gasteiger partial charge < -0.3 is 9.64 Å². The molecule has 4 heterocycles. The van der Waals surface area contributed by atoms with E-state index in [1.54, 1.807) is 23.1 Å². The SMILES string of the molecule is O=C(c1cc2ncn(-c3ccc(OCCN4CCCC4)c(F)c3)c(=O)c2s1)N1CCCC1. The summed E-state index contributed by atoms with van der Waals surface area (Å²) in [5.74, 6) is -0.408. The van der Waals surface area contributed by atoms with Gasteiger partial charge in [-0.2, -0.15) is 0 Å². The fourth-order valence-electron chi connectivity index (χ4n) is 4.33. The summed E-state index contributed by atoms with van der Waals surface area (Å²) in [5, 5.41) is 0. The van der Waals surface area contributed by atoms with E-state index in [9.17, 15) is 14.0 Å². The Labute approximate surface area is 189 Å². The number of aromatic nitrogens is 2. The normalized spacial score (nSPS) is 16.8. The molecule has 3 aromatic rings. The lowest BCUT2D eigenvalue weighted by Gasteiger charge is -2.15. The van der Waals surface area contributed by atoms with Gasteiger partial charge in [0.15, 0.2) is 11.6 Å². The standard InChI is InChI=1S/C23H25FN4O3S/c24-17-13-16(5-6-19(17)31-12-11-26-7-1-2-8-26)28-15-25-18-14-20(32-21(18)23(28)30)22(29)27-9-3-4-10-27/h5-6,13-15H,1-4,7-12H2. The first-order valence-corrected chi connectivity index (χ1v) is 11.9. The van der Waals surface area contributed by atoms with Gasteiger partial charge in [-0.3, -0.25) is 19.1 Å². The highest BCUT2D eigenvalue weighted by Crippen LogP contribution is 2.25. The molecule has 7 nitrogen and oxygen atoms in total. The number of thiophene rings is 1. The molecule has 0 bridgehead atoms. The first kappa shape index (κ1) is 21.1. The highest BCUT2D eigenvalue weighted by Gasteiger charge is 2.22. The van der Waals surface area contributed by atoms with Gasteiger partial charge in [-0.1, -0.05) is 0 Å². The number of hydrogen-bond donors (Lipinski definition) is 0. The maximum absolute atomic E-state index is 14.6. The van der Waals surface area contributed by atoms with Gasteiger partial charge in [0.1, 0.15) is 17.6 Å². The second-order valence-corrected chi connectivity index (χ2v) is 9.31. The van der Waals surface area contributed by atoms with Gasteiger partial charge in [0.25, 0.3) is 11.5 Å². The minimum atomic E-state index is -0.521. The minimum Gasteiger partial charge on any atom is -0.489 e. The fraction of sp³-hybridized carbons (Fsp3) is 0.435. The molecule has 0 spiro atoms. The van der Waals surface area contributed by atoms with E-state index >= 15 is 0 Å². The molecule has 32 heavy (non-hydrogen) atoms.